The number of rotatable bonds is 6. The summed E-state index contributed by atoms with van der Waals surface area (Å²) in [6.07, 6.45) is 0. The van der Waals surface area contributed by atoms with Gasteiger partial charge in [-0.2, -0.15) is 0 Å². The molecule has 0 aliphatic rings. The Kier molecular flexibility index (Phi) is 5.21. The van der Waals surface area contributed by atoms with Gasteiger partial charge >= 0.3 is 0 Å². The van der Waals surface area contributed by atoms with Crippen molar-refractivity contribution < 1.29 is 9.53 Å². The quantitative estimate of drug-likeness (QED) is 0.857. The molecule has 110 valence electrons. The molecule has 0 aromatic heterocycles. The number of anilines is 1. The van der Waals surface area contributed by atoms with Crippen molar-refractivity contribution >= 4 is 11.6 Å². The van der Waals surface area contributed by atoms with E-state index in [9.17, 15) is 4.79 Å². The molecular weight excluding hydrogens is 264 g/mol. The monoisotopic (exact) mass is 284 g/mol. The van der Waals surface area contributed by atoms with Crippen LogP contribution in [0.2, 0.25) is 0 Å². The first kappa shape index (κ1) is 14.9. The molecule has 21 heavy (non-hydrogen) atoms. The highest BCUT2D eigenvalue weighted by Crippen LogP contribution is 2.17. The van der Waals surface area contributed by atoms with Gasteiger partial charge in [-0.3, -0.25) is 4.79 Å². The Morgan fingerprint density at radius 2 is 1.81 bits per heavy atom. The Morgan fingerprint density at radius 1 is 1.10 bits per heavy atom. The minimum Gasteiger partial charge on any atom is -0.496 e. The predicted octanol–water partition coefficient (Wildman–Crippen LogP) is 3.06. The van der Waals surface area contributed by atoms with E-state index in [-0.39, 0.29) is 5.91 Å². The molecule has 0 spiro atoms. The summed E-state index contributed by atoms with van der Waals surface area (Å²) < 4.78 is 5.27. The fourth-order valence-electron chi connectivity index (χ4n) is 2.07. The lowest BCUT2D eigenvalue weighted by atomic mass is 10.1. The molecule has 0 fully saturated rings. The third kappa shape index (κ3) is 3.99. The summed E-state index contributed by atoms with van der Waals surface area (Å²) >= 11 is 0. The highest BCUT2D eigenvalue weighted by molar-refractivity contribution is 5.94. The van der Waals surface area contributed by atoms with Crippen LogP contribution in [0.15, 0.2) is 48.5 Å². The topological polar surface area (TPSA) is 50.4 Å². The van der Waals surface area contributed by atoms with Gasteiger partial charge in [0.25, 0.3) is 5.91 Å². The van der Waals surface area contributed by atoms with Crippen LogP contribution in [0.4, 0.5) is 5.69 Å². The number of methoxy groups -OCH3 is 1. The van der Waals surface area contributed by atoms with Gasteiger partial charge in [-0.15, -0.1) is 0 Å². The van der Waals surface area contributed by atoms with E-state index in [1.165, 1.54) is 0 Å². The molecule has 0 aliphatic carbocycles. The standard InChI is InChI=1S/C17H20N2O2/c1-3-18-15-10-8-13(9-11-15)17(20)19-12-14-6-4-5-7-16(14)21-2/h4-11,18H,3,12H2,1-2H3,(H,19,20). The summed E-state index contributed by atoms with van der Waals surface area (Å²) in [5.74, 6) is 0.684. The first-order valence-corrected chi connectivity index (χ1v) is 6.98. The number of hydrogen-bond acceptors (Lipinski definition) is 3. The zero-order valence-corrected chi connectivity index (χ0v) is 12.3. The smallest absolute Gasteiger partial charge is 0.251 e. The van der Waals surface area contributed by atoms with Crippen LogP contribution in [0, 0.1) is 0 Å². The Labute approximate surface area is 125 Å². The van der Waals surface area contributed by atoms with Crippen molar-refractivity contribution in [2.75, 3.05) is 19.0 Å². The van der Waals surface area contributed by atoms with Crippen LogP contribution < -0.4 is 15.4 Å². The van der Waals surface area contributed by atoms with Gasteiger partial charge in [0.05, 0.1) is 7.11 Å². The summed E-state index contributed by atoms with van der Waals surface area (Å²) in [7, 11) is 1.63. The Morgan fingerprint density at radius 3 is 2.48 bits per heavy atom. The molecule has 1 amide bonds. The molecule has 0 saturated heterocycles. The number of carbonyl (C=O) groups is 1. The molecule has 2 aromatic carbocycles. The van der Waals surface area contributed by atoms with Crippen LogP contribution in [-0.2, 0) is 6.54 Å². The van der Waals surface area contributed by atoms with E-state index < -0.39 is 0 Å². The molecule has 4 heteroatoms. The van der Waals surface area contributed by atoms with Crippen LogP contribution in [0.3, 0.4) is 0 Å². The molecule has 0 saturated carbocycles. The van der Waals surface area contributed by atoms with Gasteiger partial charge in [-0.05, 0) is 37.3 Å². The second-order valence-corrected chi connectivity index (χ2v) is 4.60. The zero-order chi connectivity index (χ0) is 15.1. The van der Waals surface area contributed by atoms with E-state index in [4.69, 9.17) is 4.74 Å². The highest BCUT2D eigenvalue weighted by Gasteiger charge is 2.07. The van der Waals surface area contributed by atoms with Gasteiger partial charge in [-0.1, -0.05) is 18.2 Å². The lowest BCUT2D eigenvalue weighted by Gasteiger charge is -2.10. The average Bonchev–Trinajstić information content (AvgIpc) is 2.54. The zero-order valence-electron chi connectivity index (χ0n) is 12.3. The van der Waals surface area contributed by atoms with E-state index in [0.29, 0.717) is 12.1 Å². The van der Waals surface area contributed by atoms with Crippen molar-refractivity contribution in [1.29, 1.82) is 0 Å². The minimum absolute atomic E-state index is 0.0936. The van der Waals surface area contributed by atoms with Crippen molar-refractivity contribution in [2.24, 2.45) is 0 Å². The van der Waals surface area contributed by atoms with Crippen LogP contribution in [-0.4, -0.2) is 19.6 Å². The maximum Gasteiger partial charge on any atom is 0.251 e. The highest BCUT2D eigenvalue weighted by atomic mass is 16.5. The van der Waals surface area contributed by atoms with Gasteiger partial charge in [0.1, 0.15) is 5.75 Å². The van der Waals surface area contributed by atoms with Crippen molar-refractivity contribution in [3.63, 3.8) is 0 Å². The molecule has 0 aliphatic heterocycles. The minimum atomic E-state index is -0.0936. The molecule has 0 atom stereocenters. The molecule has 0 heterocycles. The lowest BCUT2D eigenvalue weighted by molar-refractivity contribution is 0.0950. The summed E-state index contributed by atoms with van der Waals surface area (Å²) in [5, 5.41) is 6.10. The Balaban J connectivity index is 1.98. The number of para-hydroxylation sites is 1. The van der Waals surface area contributed by atoms with E-state index in [1.807, 2.05) is 55.5 Å². The molecule has 0 unspecified atom stereocenters. The molecule has 4 nitrogen and oxygen atoms in total. The van der Waals surface area contributed by atoms with Crippen LogP contribution in [0.1, 0.15) is 22.8 Å². The summed E-state index contributed by atoms with van der Waals surface area (Å²) in [6.45, 7) is 3.34. The van der Waals surface area contributed by atoms with Crippen molar-refractivity contribution in [1.82, 2.24) is 5.32 Å². The first-order valence-electron chi connectivity index (χ1n) is 6.98. The molecule has 0 bridgehead atoms. The SMILES string of the molecule is CCNc1ccc(C(=O)NCc2ccccc2OC)cc1. The summed E-state index contributed by atoms with van der Waals surface area (Å²) in [4.78, 5) is 12.1. The van der Waals surface area contributed by atoms with Crippen molar-refractivity contribution in [3.05, 3.63) is 59.7 Å². The number of nitrogens with one attached hydrogen (secondary N) is 2. The van der Waals surface area contributed by atoms with Gasteiger partial charge < -0.3 is 15.4 Å². The fraction of sp³-hybridized carbons (Fsp3) is 0.235. The molecular formula is C17H20N2O2. The average molecular weight is 284 g/mol. The van der Waals surface area contributed by atoms with Gasteiger partial charge in [0, 0.05) is 29.9 Å². The van der Waals surface area contributed by atoms with Gasteiger partial charge in [0.15, 0.2) is 0 Å². The Hall–Kier alpha value is -2.49. The fourth-order valence-corrected chi connectivity index (χ4v) is 2.07. The molecule has 2 aromatic rings. The normalized spacial score (nSPS) is 10.0. The van der Waals surface area contributed by atoms with Gasteiger partial charge in [-0.25, -0.2) is 0 Å². The second kappa shape index (κ2) is 7.33. The summed E-state index contributed by atoms with van der Waals surface area (Å²) in [5.41, 5.74) is 2.61. The number of carbonyl (C=O) groups excluding carboxylic acids is 1. The van der Waals surface area contributed by atoms with Crippen LogP contribution >= 0.6 is 0 Å². The summed E-state index contributed by atoms with van der Waals surface area (Å²) in [6, 6.07) is 15.1. The molecule has 2 N–H and O–H groups in total. The molecule has 2 rings (SSSR count). The van der Waals surface area contributed by atoms with Crippen molar-refractivity contribution in [3.8, 4) is 5.75 Å². The van der Waals surface area contributed by atoms with E-state index >= 15 is 0 Å². The number of hydrogen-bond donors (Lipinski definition) is 2. The Bertz CT molecular complexity index is 594. The third-order valence-corrected chi connectivity index (χ3v) is 3.16. The van der Waals surface area contributed by atoms with Gasteiger partial charge in [0.2, 0.25) is 0 Å². The van der Waals surface area contributed by atoms with E-state index in [0.717, 1.165) is 23.5 Å². The third-order valence-electron chi connectivity index (χ3n) is 3.16. The number of amides is 1. The first-order chi connectivity index (χ1) is 10.2. The van der Waals surface area contributed by atoms with Crippen molar-refractivity contribution in [2.45, 2.75) is 13.5 Å². The predicted molar refractivity (Wildman–Crippen MR) is 84.8 cm³/mol. The maximum absolute atomic E-state index is 12.1. The molecule has 0 radical (unpaired) electrons. The van der Waals surface area contributed by atoms with E-state index in [2.05, 4.69) is 10.6 Å². The lowest BCUT2D eigenvalue weighted by Crippen LogP contribution is -2.23. The largest absolute Gasteiger partial charge is 0.496 e. The second-order valence-electron chi connectivity index (χ2n) is 4.60. The number of benzene rings is 2. The maximum atomic E-state index is 12.1. The van der Waals surface area contributed by atoms with Crippen LogP contribution in [0.5, 0.6) is 5.75 Å². The van der Waals surface area contributed by atoms with Crippen LogP contribution in [0.25, 0.3) is 0 Å². The van der Waals surface area contributed by atoms with E-state index in [1.54, 1.807) is 7.11 Å². The number of ether oxygens (including phenoxy) is 1.